The van der Waals surface area contributed by atoms with Crippen LogP contribution in [0.2, 0.25) is 19.6 Å². The van der Waals surface area contributed by atoms with Crippen LogP contribution in [-0.2, 0) is 18.2 Å². The van der Waals surface area contributed by atoms with Gasteiger partial charge in [0.1, 0.15) is 29.4 Å². The molecule has 0 spiro atoms. The Hall–Kier alpha value is -1.64. The van der Waals surface area contributed by atoms with Gasteiger partial charge in [-0.25, -0.2) is 0 Å². The Morgan fingerprint density at radius 2 is 1.14 bits per heavy atom. The summed E-state index contributed by atoms with van der Waals surface area (Å²) in [5, 5.41) is 5.84. The van der Waals surface area contributed by atoms with E-state index in [-0.39, 0.29) is 24.6 Å². The third kappa shape index (κ3) is 11.3. The van der Waals surface area contributed by atoms with Crippen LogP contribution in [0.3, 0.4) is 0 Å². The van der Waals surface area contributed by atoms with Crippen molar-refractivity contribution in [1.82, 2.24) is 0 Å². The molecule has 0 aliphatic carbocycles. The lowest BCUT2D eigenvalue weighted by atomic mass is 10.2. The largest absolute Gasteiger partial charge is 0.380 e. The highest BCUT2D eigenvalue weighted by molar-refractivity contribution is 9.26. The first-order valence-corrected chi connectivity index (χ1v) is 23.5. The Morgan fingerprint density at radius 1 is 0.767 bits per heavy atom. The quantitative estimate of drug-likeness (QED) is 0.121. The molecule has 14 nitrogen and oxygen atoms in total. The van der Waals surface area contributed by atoms with Gasteiger partial charge in [-0.1, -0.05) is 19.6 Å². The topological polar surface area (TPSA) is 192 Å². The molecule has 18 heteroatoms. The number of hydrogen-bond donors (Lipinski definition) is 4. The molecule has 0 atom stereocenters. The molecule has 2 aromatic carbocycles. The summed E-state index contributed by atoms with van der Waals surface area (Å²) in [4.78, 5) is 66.9. The number of hydrogen-bond acceptors (Lipinski definition) is 12. The van der Waals surface area contributed by atoms with Crippen molar-refractivity contribution in [2.24, 2.45) is 0 Å². The molecule has 2 aliphatic rings. The molecule has 0 amide bonds. The first-order valence-electron chi connectivity index (χ1n) is 14.2. The normalized spacial score (nSPS) is 15.5. The zero-order chi connectivity index (χ0) is 32.6. The van der Waals surface area contributed by atoms with Crippen LogP contribution in [0.1, 0.15) is 26.7 Å². The van der Waals surface area contributed by atoms with Gasteiger partial charge in [-0.05, 0) is 26.7 Å². The molecule has 43 heavy (non-hydrogen) atoms. The van der Waals surface area contributed by atoms with Gasteiger partial charge in [0.15, 0.2) is 0 Å². The molecular formula is C25H43BrN4O10P2Si. The molecule has 0 radical (unpaired) electrons. The minimum absolute atomic E-state index is 0.0871. The van der Waals surface area contributed by atoms with Crippen molar-refractivity contribution >= 4 is 59.9 Å². The number of anilines is 4. The average Bonchev–Trinajstić information content (AvgIpc) is 3.22. The van der Waals surface area contributed by atoms with Crippen molar-refractivity contribution in [3.8, 4) is 0 Å². The molecule has 2 aliphatic heterocycles. The summed E-state index contributed by atoms with van der Waals surface area (Å²) in [6, 6.07) is 0. The Kier molecular flexibility index (Phi) is 14.0. The number of halogens is 1. The van der Waals surface area contributed by atoms with Crippen molar-refractivity contribution in [1.29, 1.82) is 0 Å². The molecule has 0 fully saturated rings. The predicted octanol–water partition coefficient (Wildman–Crippen LogP) is 2.47. The second-order valence-electron chi connectivity index (χ2n) is 10.9. The molecule has 0 aromatic heterocycles. The number of nitrogens with zero attached hydrogens (tertiary/aromatic N) is 2. The van der Waals surface area contributed by atoms with Crippen LogP contribution in [0.5, 0.6) is 0 Å². The first kappa shape index (κ1) is 37.5. The Balaban J connectivity index is 0.000000264. The summed E-state index contributed by atoms with van der Waals surface area (Å²) in [6.45, 7) is 12.9. The van der Waals surface area contributed by atoms with E-state index in [2.05, 4.69) is 45.6 Å². The van der Waals surface area contributed by atoms with E-state index < -0.39 is 43.6 Å². The molecule has 4 N–H and O–H groups in total. The summed E-state index contributed by atoms with van der Waals surface area (Å²) in [7, 11) is -7.22. The van der Waals surface area contributed by atoms with Gasteiger partial charge in [-0.2, -0.15) is 0 Å². The minimum atomic E-state index is -4.08. The molecule has 4 rings (SSSR count). The Morgan fingerprint density at radius 3 is 1.49 bits per heavy atom. The van der Waals surface area contributed by atoms with Crippen molar-refractivity contribution in [3.05, 3.63) is 40.9 Å². The fourth-order valence-electron chi connectivity index (χ4n) is 4.38. The van der Waals surface area contributed by atoms with Crippen LogP contribution in [0.15, 0.2) is 19.2 Å². The van der Waals surface area contributed by atoms with Gasteiger partial charge in [0.05, 0.1) is 25.5 Å². The number of nitrogens with one attached hydrogen (secondary N) is 2. The van der Waals surface area contributed by atoms with Gasteiger partial charge in [0, 0.05) is 39.3 Å². The smallest absolute Gasteiger partial charge is 0.332 e. The Labute approximate surface area is 259 Å². The molecule has 244 valence electrons. The van der Waals surface area contributed by atoms with Gasteiger partial charge in [-0.3, -0.25) is 28.3 Å². The first-order chi connectivity index (χ1) is 19.9. The van der Waals surface area contributed by atoms with E-state index in [9.17, 15) is 28.3 Å². The zero-order valence-corrected chi connectivity index (χ0v) is 29.7. The maximum atomic E-state index is 12.4. The lowest BCUT2D eigenvalue weighted by Crippen LogP contribution is -2.42. The summed E-state index contributed by atoms with van der Waals surface area (Å²) < 4.78 is 33.7. The van der Waals surface area contributed by atoms with E-state index in [1.54, 1.807) is 18.7 Å². The monoisotopic (exact) mass is 728 g/mol. The third-order valence-electron chi connectivity index (χ3n) is 6.17. The molecule has 2 heterocycles. The third-order valence-corrected chi connectivity index (χ3v) is 9.01. The highest BCUT2D eigenvalue weighted by atomic mass is 79.9. The van der Waals surface area contributed by atoms with Gasteiger partial charge < -0.3 is 39.3 Å². The number of rotatable bonds is 10. The highest BCUT2D eigenvalue weighted by Crippen LogP contribution is 2.48. The van der Waals surface area contributed by atoms with E-state index in [1.807, 2.05) is 4.90 Å². The van der Waals surface area contributed by atoms with Gasteiger partial charge >= 0.3 is 15.2 Å². The van der Waals surface area contributed by atoms with Crippen molar-refractivity contribution in [2.75, 3.05) is 85.2 Å². The van der Waals surface area contributed by atoms with Gasteiger partial charge in [0.2, 0.25) is 0 Å². The van der Waals surface area contributed by atoms with Gasteiger partial charge in [0.25, 0.3) is 21.7 Å². The number of fused-ring (bicyclic) bond motifs is 2. The predicted molar refractivity (Wildman–Crippen MR) is 178 cm³/mol. The maximum Gasteiger partial charge on any atom is 0.332 e. The average molecular weight is 730 g/mol. The van der Waals surface area contributed by atoms with Crippen LogP contribution < -0.4 is 42.1 Å². The summed E-state index contributed by atoms with van der Waals surface area (Å²) in [5.74, 6) is 0. The fourth-order valence-corrected chi connectivity index (χ4v) is 6.49. The molecule has 2 aromatic rings. The van der Waals surface area contributed by atoms with Crippen LogP contribution in [0.25, 0.3) is 0 Å². The van der Waals surface area contributed by atoms with Crippen LogP contribution in [0.4, 0.5) is 22.7 Å². The minimum Gasteiger partial charge on any atom is -0.380 e. The summed E-state index contributed by atoms with van der Waals surface area (Å²) in [5.41, 5.74) is -0.670. The van der Waals surface area contributed by atoms with Crippen molar-refractivity contribution in [2.45, 2.75) is 46.3 Å². The molecule has 0 saturated carbocycles. The van der Waals surface area contributed by atoms with Crippen LogP contribution in [0, 0.1) is 0 Å². The van der Waals surface area contributed by atoms with Crippen molar-refractivity contribution in [3.63, 3.8) is 0 Å². The van der Waals surface area contributed by atoms with E-state index in [0.29, 0.717) is 69.4 Å². The molecular weight excluding hydrogens is 686 g/mol. The van der Waals surface area contributed by atoms with E-state index in [4.69, 9.17) is 18.8 Å². The van der Waals surface area contributed by atoms with E-state index >= 15 is 0 Å². The molecule has 0 bridgehead atoms. The van der Waals surface area contributed by atoms with Crippen LogP contribution in [-0.4, -0.2) is 81.3 Å². The molecule has 0 unspecified atom stereocenters. The van der Waals surface area contributed by atoms with Crippen LogP contribution >= 0.6 is 30.5 Å². The van der Waals surface area contributed by atoms with E-state index in [0.717, 1.165) is 6.42 Å². The molecule has 0 saturated heterocycles. The second kappa shape index (κ2) is 16.1. The van der Waals surface area contributed by atoms with Crippen molar-refractivity contribution < 1.29 is 28.0 Å². The SMILES string of the molecule is CCOP(=O)(CCN1CCCNc2c1c(=O)c2=O)OCC.C[Si](C)(C)Br.O=c1c2c(c1=O)N(CCP(=O)(O)O)CCCN2. The zero-order valence-electron chi connectivity index (χ0n) is 25.3. The van der Waals surface area contributed by atoms with E-state index in [1.165, 1.54) is 0 Å². The lowest BCUT2D eigenvalue weighted by molar-refractivity contribution is 0.220. The fraction of sp³-hybridized carbons (Fsp3) is 0.680. The van der Waals surface area contributed by atoms with Gasteiger partial charge in [-0.15, -0.1) is 15.3 Å². The standard InChI is InChI=1S/C13H21N2O5P.C9H13N2O5P.C3H9BrSi/c1-3-19-21(18,20-4-2)9-8-15-7-5-6-14-10-11(15)13(17)12(10)16;12-8-6-7(9(8)13)11(3-1-2-10-6)4-5-17(14,15)16;1-5(2,3)4/h14H,3-9H2,1-2H3;10H,1-5H2,(H2,14,15,16);1-3H3. The summed E-state index contributed by atoms with van der Waals surface area (Å²) in [6.07, 6.45) is 1.41. The lowest BCUT2D eigenvalue weighted by Gasteiger charge is -2.26. The highest BCUT2D eigenvalue weighted by Gasteiger charge is 2.31. The summed E-state index contributed by atoms with van der Waals surface area (Å²) >= 11 is 3.51. The Bertz CT molecular complexity index is 1440. The second-order valence-corrected chi connectivity index (χ2v) is 26.2. The maximum absolute atomic E-state index is 12.4.